The van der Waals surface area contributed by atoms with Crippen molar-refractivity contribution >= 4 is 16.8 Å². The topological polar surface area (TPSA) is 79.5 Å². The molecule has 0 bridgehead atoms. The Morgan fingerprint density at radius 1 is 1.08 bits per heavy atom. The van der Waals surface area contributed by atoms with Gasteiger partial charge < -0.3 is 19.7 Å². The fraction of sp³-hybridized carbons (Fsp3) is 0.310. The SMILES string of the molecule is COC[C@@H](NC(=O)c1ccc2[nH]nc(-c3ccc(OC4CCN(C)CC4)cc3)c2c1)c1ccccc1. The molecule has 0 aliphatic carbocycles. The first kappa shape index (κ1) is 24.0. The molecule has 7 heteroatoms. The summed E-state index contributed by atoms with van der Waals surface area (Å²) in [6.07, 6.45) is 2.35. The van der Waals surface area contributed by atoms with Crippen LogP contribution in [0.25, 0.3) is 22.2 Å². The molecule has 2 N–H and O–H groups in total. The van der Waals surface area contributed by atoms with E-state index in [2.05, 4.69) is 27.5 Å². The van der Waals surface area contributed by atoms with Crippen LogP contribution < -0.4 is 10.1 Å². The van der Waals surface area contributed by atoms with Crippen molar-refractivity contribution < 1.29 is 14.3 Å². The van der Waals surface area contributed by atoms with Gasteiger partial charge in [0.05, 0.1) is 23.9 Å². The molecule has 1 amide bonds. The lowest BCUT2D eigenvalue weighted by Gasteiger charge is -2.29. The van der Waals surface area contributed by atoms with Crippen molar-refractivity contribution in [2.24, 2.45) is 0 Å². The monoisotopic (exact) mass is 484 g/mol. The molecule has 1 aromatic heterocycles. The highest BCUT2D eigenvalue weighted by Crippen LogP contribution is 2.29. The first-order valence-corrected chi connectivity index (χ1v) is 12.4. The van der Waals surface area contributed by atoms with E-state index >= 15 is 0 Å². The van der Waals surface area contributed by atoms with Crippen LogP contribution in [0.3, 0.4) is 0 Å². The third-order valence-corrected chi connectivity index (χ3v) is 6.76. The molecule has 5 rings (SSSR count). The van der Waals surface area contributed by atoms with E-state index in [1.165, 1.54) is 0 Å². The Balaban J connectivity index is 1.33. The number of hydrogen-bond donors (Lipinski definition) is 2. The standard InChI is InChI=1S/C29H32N4O3/c1-33-16-14-24(15-17-33)36-23-11-8-21(9-12-23)28-25-18-22(10-13-26(25)31-32-28)29(34)30-27(19-35-2)20-6-4-3-5-7-20/h3-13,18,24,27H,14-17,19H2,1-2H3,(H,30,34)(H,31,32)/t27-/m1/s1. The van der Waals surface area contributed by atoms with Crippen molar-refractivity contribution in [2.45, 2.75) is 25.0 Å². The summed E-state index contributed by atoms with van der Waals surface area (Å²) in [6, 6.07) is 23.3. The summed E-state index contributed by atoms with van der Waals surface area (Å²) in [6.45, 7) is 2.52. The van der Waals surface area contributed by atoms with Crippen LogP contribution in [0.15, 0.2) is 72.8 Å². The normalized spacial score (nSPS) is 15.6. The van der Waals surface area contributed by atoms with Crippen molar-refractivity contribution in [3.8, 4) is 17.0 Å². The summed E-state index contributed by atoms with van der Waals surface area (Å²) in [5, 5.41) is 11.6. The molecule has 1 saturated heterocycles. The quantitative estimate of drug-likeness (QED) is 0.375. The lowest BCUT2D eigenvalue weighted by atomic mass is 10.0. The minimum atomic E-state index is -0.236. The van der Waals surface area contributed by atoms with Crippen LogP contribution in [0, 0.1) is 0 Å². The maximum atomic E-state index is 13.2. The molecule has 7 nitrogen and oxygen atoms in total. The molecule has 1 fully saturated rings. The van der Waals surface area contributed by atoms with Gasteiger partial charge in [0.1, 0.15) is 11.9 Å². The van der Waals surface area contributed by atoms with Crippen LogP contribution in [0.5, 0.6) is 5.75 Å². The minimum absolute atomic E-state index is 0.156. The Kier molecular flexibility index (Phi) is 7.30. The molecule has 186 valence electrons. The third kappa shape index (κ3) is 5.42. The second-order valence-electron chi connectivity index (χ2n) is 9.37. The number of rotatable bonds is 8. The van der Waals surface area contributed by atoms with Crippen LogP contribution >= 0.6 is 0 Å². The largest absolute Gasteiger partial charge is 0.490 e. The smallest absolute Gasteiger partial charge is 0.251 e. The number of H-pyrrole nitrogens is 1. The number of fused-ring (bicyclic) bond motifs is 1. The summed E-state index contributed by atoms with van der Waals surface area (Å²) < 4.78 is 11.5. The fourth-order valence-corrected chi connectivity index (χ4v) is 4.68. The van der Waals surface area contributed by atoms with Crippen LogP contribution in [0.4, 0.5) is 0 Å². The van der Waals surface area contributed by atoms with Crippen LogP contribution in [0.1, 0.15) is 34.8 Å². The number of carbonyl (C=O) groups excluding carboxylic acids is 1. The van der Waals surface area contributed by atoms with Crippen LogP contribution in [-0.2, 0) is 4.74 Å². The van der Waals surface area contributed by atoms with E-state index in [-0.39, 0.29) is 18.1 Å². The number of aromatic nitrogens is 2. The highest BCUT2D eigenvalue weighted by Gasteiger charge is 2.19. The summed E-state index contributed by atoms with van der Waals surface area (Å²) in [7, 11) is 3.78. The second-order valence-corrected chi connectivity index (χ2v) is 9.37. The first-order chi connectivity index (χ1) is 17.6. The highest BCUT2D eigenvalue weighted by molar-refractivity contribution is 6.01. The predicted octanol–water partition coefficient (Wildman–Crippen LogP) is 4.82. The van der Waals surface area contributed by atoms with Gasteiger partial charge in [-0.05, 0) is 67.9 Å². The number of likely N-dealkylation sites (tertiary alicyclic amines) is 1. The molecule has 1 atom stereocenters. The Morgan fingerprint density at radius 2 is 1.83 bits per heavy atom. The number of benzene rings is 3. The number of methoxy groups -OCH3 is 1. The number of carbonyl (C=O) groups is 1. The van der Waals surface area contributed by atoms with Gasteiger partial charge in [-0.15, -0.1) is 0 Å². The lowest BCUT2D eigenvalue weighted by molar-refractivity contribution is 0.0896. The van der Waals surface area contributed by atoms with E-state index in [0.717, 1.165) is 59.4 Å². The van der Waals surface area contributed by atoms with Crippen LogP contribution in [-0.4, -0.2) is 61.0 Å². The van der Waals surface area contributed by atoms with Gasteiger partial charge in [0.15, 0.2) is 0 Å². The summed E-state index contributed by atoms with van der Waals surface area (Å²) in [5.74, 6) is 0.718. The van der Waals surface area contributed by atoms with Crippen molar-refractivity contribution in [3.05, 3.63) is 83.9 Å². The molecule has 0 saturated carbocycles. The number of ether oxygens (including phenoxy) is 2. The number of aromatic amines is 1. The molecular formula is C29H32N4O3. The zero-order valence-corrected chi connectivity index (χ0v) is 20.7. The van der Waals surface area contributed by atoms with E-state index in [9.17, 15) is 4.79 Å². The number of nitrogens with one attached hydrogen (secondary N) is 2. The molecule has 1 aliphatic heterocycles. The zero-order chi connectivity index (χ0) is 24.9. The first-order valence-electron chi connectivity index (χ1n) is 12.4. The van der Waals surface area contributed by atoms with Gasteiger partial charge in [0.25, 0.3) is 5.91 Å². The third-order valence-electron chi connectivity index (χ3n) is 6.76. The molecule has 0 radical (unpaired) electrons. The number of hydrogen-bond acceptors (Lipinski definition) is 5. The second kappa shape index (κ2) is 10.9. The maximum Gasteiger partial charge on any atom is 0.251 e. The molecule has 0 unspecified atom stereocenters. The lowest BCUT2D eigenvalue weighted by Crippen LogP contribution is -2.35. The summed E-state index contributed by atoms with van der Waals surface area (Å²) in [4.78, 5) is 15.5. The van der Waals surface area contributed by atoms with Gasteiger partial charge in [-0.2, -0.15) is 5.10 Å². The van der Waals surface area contributed by atoms with E-state index in [0.29, 0.717) is 12.2 Å². The molecule has 1 aliphatic rings. The van der Waals surface area contributed by atoms with Gasteiger partial charge in [-0.1, -0.05) is 30.3 Å². The Labute approximate surface area is 211 Å². The zero-order valence-electron chi connectivity index (χ0n) is 20.7. The van der Waals surface area contributed by atoms with Crippen molar-refractivity contribution in [1.82, 2.24) is 20.4 Å². The number of nitrogens with zero attached hydrogens (tertiary/aromatic N) is 2. The van der Waals surface area contributed by atoms with E-state index in [4.69, 9.17) is 9.47 Å². The van der Waals surface area contributed by atoms with Crippen molar-refractivity contribution in [3.63, 3.8) is 0 Å². The van der Waals surface area contributed by atoms with Gasteiger partial charge in [-0.25, -0.2) is 0 Å². The number of piperidine rings is 1. The predicted molar refractivity (Wildman–Crippen MR) is 141 cm³/mol. The molecule has 36 heavy (non-hydrogen) atoms. The molecule has 4 aromatic rings. The Bertz CT molecular complexity index is 1300. The molecule has 0 spiro atoms. The summed E-state index contributed by atoms with van der Waals surface area (Å²) in [5.41, 5.74) is 4.23. The molecule has 3 aromatic carbocycles. The average Bonchev–Trinajstić information content (AvgIpc) is 3.34. The van der Waals surface area contributed by atoms with Crippen molar-refractivity contribution in [2.75, 3.05) is 33.9 Å². The van der Waals surface area contributed by atoms with E-state index < -0.39 is 0 Å². The molecule has 2 heterocycles. The Hall–Kier alpha value is -3.68. The molecular weight excluding hydrogens is 452 g/mol. The van der Waals surface area contributed by atoms with E-state index in [1.807, 2.05) is 72.8 Å². The van der Waals surface area contributed by atoms with Gasteiger partial charge in [-0.3, -0.25) is 9.89 Å². The maximum absolute atomic E-state index is 13.2. The van der Waals surface area contributed by atoms with Crippen molar-refractivity contribution in [1.29, 1.82) is 0 Å². The van der Waals surface area contributed by atoms with E-state index in [1.54, 1.807) is 7.11 Å². The van der Waals surface area contributed by atoms with Gasteiger partial charge in [0, 0.05) is 36.7 Å². The summed E-state index contributed by atoms with van der Waals surface area (Å²) >= 11 is 0. The average molecular weight is 485 g/mol. The highest BCUT2D eigenvalue weighted by atomic mass is 16.5. The van der Waals surface area contributed by atoms with Gasteiger partial charge >= 0.3 is 0 Å². The number of amides is 1. The fourth-order valence-electron chi connectivity index (χ4n) is 4.68. The van der Waals surface area contributed by atoms with Crippen LogP contribution in [0.2, 0.25) is 0 Å². The van der Waals surface area contributed by atoms with Gasteiger partial charge in [0.2, 0.25) is 0 Å². The Morgan fingerprint density at radius 3 is 2.56 bits per heavy atom. The minimum Gasteiger partial charge on any atom is -0.490 e.